The number of hydrogen-bond donors (Lipinski definition) is 1. The molecule has 0 saturated carbocycles. The molecular formula is C26H39N3O2. The molecule has 3 aliphatic rings. The molecule has 2 fully saturated rings. The van der Waals surface area contributed by atoms with E-state index >= 15 is 0 Å². The summed E-state index contributed by atoms with van der Waals surface area (Å²) >= 11 is 0. The maximum absolute atomic E-state index is 12.0. The molecule has 0 unspecified atom stereocenters. The van der Waals surface area contributed by atoms with Gasteiger partial charge in [0.05, 0.1) is 0 Å². The van der Waals surface area contributed by atoms with E-state index in [9.17, 15) is 4.79 Å². The van der Waals surface area contributed by atoms with Gasteiger partial charge in [-0.15, -0.1) is 6.42 Å². The van der Waals surface area contributed by atoms with Gasteiger partial charge in [0.15, 0.2) is 6.61 Å². The lowest BCUT2D eigenvalue weighted by atomic mass is 9.73. The van der Waals surface area contributed by atoms with E-state index in [1.165, 1.54) is 37.9 Å². The number of rotatable bonds is 5. The second-order valence-electron chi connectivity index (χ2n) is 9.94. The van der Waals surface area contributed by atoms with Crippen LogP contribution in [-0.2, 0) is 10.2 Å². The molecule has 1 aliphatic carbocycles. The largest absolute Gasteiger partial charge is 0.436 e. The van der Waals surface area contributed by atoms with Crippen molar-refractivity contribution in [3.8, 4) is 12.3 Å². The number of fused-ring (bicyclic) bond motifs is 2. The van der Waals surface area contributed by atoms with Crippen LogP contribution in [0.2, 0.25) is 0 Å². The summed E-state index contributed by atoms with van der Waals surface area (Å²) in [5.74, 6) is 3.02. The molecule has 2 heterocycles. The minimum Gasteiger partial charge on any atom is -0.436 e. The van der Waals surface area contributed by atoms with Crippen LogP contribution in [0.1, 0.15) is 64.5 Å². The highest BCUT2D eigenvalue weighted by atomic mass is 16.6. The Hall–Kier alpha value is -2.03. The van der Waals surface area contributed by atoms with Crippen molar-refractivity contribution < 1.29 is 11.0 Å². The first-order chi connectivity index (χ1) is 15.0. The Labute approximate surface area is 189 Å². The van der Waals surface area contributed by atoms with Gasteiger partial charge in [0.2, 0.25) is 0 Å². The number of piperidine rings is 2. The number of amides is 1. The highest BCUT2D eigenvalue weighted by Crippen LogP contribution is 2.50. The quantitative estimate of drug-likeness (QED) is 0.719. The lowest BCUT2D eigenvalue weighted by Crippen LogP contribution is -2.46. The average molecular weight is 426 g/mol. The molecule has 1 aromatic rings. The van der Waals surface area contributed by atoms with Gasteiger partial charge in [0.25, 0.3) is 0 Å². The number of likely N-dealkylation sites (tertiary alicyclic amines) is 2. The van der Waals surface area contributed by atoms with Gasteiger partial charge in [0, 0.05) is 33.1 Å². The van der Waals surface area contributed by atoms with E-state index in [0.29, 0.717) is 23.4 Å². The Kier molecular flexibility index (Phi) is 6.89. The zero-order valence-corrected chi connectivity index (χ0v) is 19.1. The van der Waals surface area contributed by atoms with Gasteiger partial charge in [-0.05, 0) is 67.7 Å². The van der Waals surface area contributed by atoms with Gasteiger partial charge in [0.1, 0.15) is 0 Å². The molecule has 2 saturated heterocycles. The number of nitrogens with one attached hydrogen (secondary N) is 1. The SMILES string of the molecule is C#CCOC(=O)N1CCC(CN2CCC3(CC2)C[C@H](NC(C)C)c2ccccc23)CC1.[HH]. The molecule has 0 radical (unpaired) electrons. The molecule has 5 heteroatoms. The van der Waals surface area contributed by atoms with Gasteiger partial charge in [-0.3, -0.25) is 0 Å². The Morgan fingerprint density at radius 2 is 1.97 bits per heavy atom. The van der Waals surface area contributed by atoms with Crippen molar-refractivity contribution in [1.82, 2.24) is 15.1 Å². The second-order valence-corrected chi connectivity index (χ2v) is 9.94. The highest BCUT2D eigenvalue weighted by molar-refractivity contribution is 5.67. The number of benzene rings is 1. The molecule has 170 valence electrons. The van der Waals surface area contributed by atoms with E-state index in [-0.39, 0.29) is 14.1 Å². The molecule has 0 bridgehead atoms. The summed E-state index contributed by atoms with van der Waals surface area (Å²) in [6.07, 6.45) is 10.7. The first-order valence-corrected chi connectivity index (χ1v) is 11.9. The molecule has 31 heavy (non-hydrogen) atoms. The van der Waals surface area contributed by atoms with E-state index < -0.39 is 0 Å². The van der Waals surface area contributed by atoms with Crippen molar-refractivity contribution in [3.05, 3.63) is 35.4 Å². The van der Waals surface area contributed by atoms with Gasteiger partial charge < -0.3 is 19.9 Å². The fraction of sp³-hybridized carbons (Fsp3) is 0.654. The first-order valence-electron chi connectivity index (χ1n) is 11.9. The normalized spacial score (nSPS) is 23.7. The summed E-state index contributed by atoms with van der Waals surface area (Å²) in [6, 6.07) is 10.1. The topological polar surface area (TPSA) is 44.8 Å². The summed E-state index contributed by atoms with van der Waals surface area (Å²) in [7, 11) is 0. The predicted octanol–water partition coefficient (Wildman–Crippen LogP) is 4.19. The molecule has 0 aromatic heterocycles. The Morgan fingerprint density at radius 1 is 1.26 bits per heavy atom. The summed E-state index contributed by atoms with van der Waals surface area (Å²) < 4.78 is 5.07. The molecule has 4 rings (SSSR count). The van der Waals surface area contributed by atoms with E-state index in [4.69, 9.17) is 11.2 Å². The molecule has 1 amide bonds. The number of nitrogens with zero attached hydrogens (tertiary/aromatic N) is 2. The standard InChI is InChI=1S/C26H37N3O2.H2/c1-4-17-31-25(30)29-13-9-21(10-14-29)19-28-15-11-26(12-16-28)18-24(27-20(2)3)22-7-5-6-8-23(22)26;/h1,5-8,20-21,24,27H,9-19H2,2-3H3;1H/t24-;/m0./s1. The smallest absolute Gasteiger partial charge is 0.410 e. The minimum atomic E-state index is -0.263. The van der Waals surface area contributed by atoms with Crippen LogP contribution in [-0.4, -0.2) is 61.3 Å². The van der Waals surface area contributed by atoms with Crippen molar-refractivity contribution >= 4 is 6.09 Å². The Balaban J connectivity index is 0.00000289. The van der Waals surface area contributed by atoms with Crippen molar-refractivity contribution in [2.45, 2.75) is 63.5 Å². The minimum absolute atomic E-state index is 0. The van der Waals surface area contributed by atoms with Gasteiger partial charge in [-0.1, -0.05) is 44.0 Å². The summed E-state index contributed by atoms with van der Waals surface area (Å²) in [5, 5.41) is 3.81. The summed E-state index contributed by atoms with van der Waals surface area (Å²) in [4.78, 5) is 16.4. The molecule has 1 spiro atoms. The maximum Gasteiger partial charge on any atom is 0.410 e. The number of carbonyl (C=O) groups excluding carboxylic acids is 1. The van der Waals surface area contributed by atoms with E-state index in [1.807, 2.05) is 0 Å². The third kappa shape index (κ3) is 4.91. The summed E-state index contributed by atoms with van der Waals surface area (Å²) in [6.45, 7) is 9.61. The van der Waals surface area contributed by atoms with Gasteiger partial charge in [-0.2, -0.15) is 0 Å². The average Bonchev–Trinajstić information content (AvgIpc) is 3.07. The third-order valence-electron chi connectivity index (χ3n) is 7.52. The van der Waals surface area contributed by atoms with Crippen molar-refractivity contribution in [2.24, 2.45) is 5.92 Å². The third-order valence-corrected chi connectivity index (χ3v) is 7.52. The molecule has 1 N–H and O–H groups in total. The monoisotopic (exact) mass is 425 g/mol. The lowest BCUT2D eigenvalue weighted by molar-refractivity contribution is 0.0820. The van der Waals surface area contributed by atoms with Crippen LogP contribution >= 0.6 is 0 Å². The van der Waals surface area contributed by atoms with Crippen LogP contribution < -0.4 is 5.32 Å². The number of carbonyl (C=O) groups is 1. The van der Waals surface area contributed by atoms with Crippen LogP contribution in [0.3, 0.4) is 0 Å². The highest BCUT2D eigenvalue weighted by Gasteiger charge is 2.45. The molecule has 1 atom stereocenters. The first kappa shape index (κ1) is 22.2. The maximum atomic E-state index is 12.0. The fourth-order valence-corrected chi connectivity index (χ4v) is 5.94. The van der Waals surface area contributed by atoms with E-state index in [2.05, 4.69) is 54.3 Å². The van der Waals surface area contributed by atoms with Crippen LogP contribution in [0.25, 0.3) is 0 Å². The van der Waals surface area contributed by atoms with Crippen LogP contribution in [0.4, 0.5) is 4.79 Å². The number of terminal acetylenes is 1. The van der Waals surface area contributed by atoms with Crippen LogP contribution in [0.5, 0.6) is 0 Å². The van der Waals surface area contributed by atoms with Crippen molar-refractivity contribution in [2.75, 3.05) is 39.3 Å². The predicted molar refractivity (Wildman–Crippen MR) is 126 cm³/mol. The Morgan fingerprint density at radius 3 is 2.65 bits per heavy atom. The molecule has 5 nitrogen and oxygen atoms in total. The van der Waals surface area contributed by atoms with Crippen LogP contribution in [0, 0.1) is 18.3 Å². The Bertz CT molecular complexity index is 806. The fourth-order valence-electron chi connectivity index (χ4n) is 5.94. The molecule has 2 aliphatic heterocycles. The zero-order chi connectivity index (χ0) is 21.8. The zero-order valence-electron chi connectivity index (χ0n) is 19.1. The van der Waals surface area contributed by atoms with Crippen molar-refractivity contribution in [1.29, 1.82) is 0 Å². The molecular weight excluding hydrogens is 386 g/mol. The van der Waals surface area contributed by atoms with E-state index in [0.717, 1.165) is 32.5 Å². The number of hydrogen-bond acceptors (Lipinski definition) is 4. The second kappa shape index (κ2) is 9.63. The van der Waals surface area contributed by atoms with Gasteiger partial charge >= 0.3 is 6.09 Å². The summed E-state index contributed by atoms with van der Waals surface area (Å²) in [5.41, 5.74) is 3.45. The van der Waals surface area contributed by atoms with Gasteiger partial charge in [-0.25, -0.2) is 4.79 Å². The van der Waals surface area contributed by atoms with Crippen LogP contribution in [0.15, 0.2) is 24.3 Å². The van der Waals surface area contributed by atoms with E-state index in [1.54, 1.807) is 10.5 Å². The lowest BCUT2D eigenvalue weighted by Gasteiger charge is -2.42. The van der Waals surface area contributed by atoms with Crippen molar-refractivity contribution in [3.63, 3.8) is 0 Å². The molecule has 1 aromatic carbocycles. The number of ether oxygens (including phenoxy) is 1.